The summed E-state index contributed by atoms with van der Waals surface area (Å²) in [4.78, 5) is 11.0. The topological polar surface area (TPSA) is 44.8 Å². The van der Waals surface area contributed by atoms with Gasteiger partial charge in [0.1, 0.15) is 11.9 Å². The summed E-state index contributed by atoms with van der Waals surface area (Å²) in [5.74, 6) is 0.740. The molecule has 86 valence electrons. The smallest absolute Gasteiger partial charge is 0.497 e. The van der Waals surface area contributed by atoms with Crippen LogP contribution in [0.4, 0.5) is 4.79 Å². The fraction of sp³-hybridized carbons (Fsp3) is 0.250. The molecule has 1 atom stereocenters. The minimum absolute atomic E-state index is 0.515. The molecule has 0 spiro atoms. The highest BCUT2D eigenvalue weighted by atomic mass is 16.7. The molecule has 1 unspecified atom stereocenters. The predicted molar refractivity (Wildman–Crippen MR) is 59.4 cm³/mol. The van der Waals surface area contributed by atoms with E-state index in [2.05, 4.69) is 11.3 Å². The van der Waals surface area contributed by atoms with Crippen molar-refractivity contribution in [3.63, 3.8) is 0 Å². The second-order valence-corrected chi connectivity index (χ2v) is 3.00. The van der Waals surface area contributed by atoms with Gasteiger partial charge < -0.3 is 14.2 Å². The maximum atomic E-state index is 11.0. The van der Waals surface area contributed by atoms with E-state index in [0.717, 1.165) is 11.3 Å². The van der Waals surface area contributed by atoms with E-state index in [-0.39, 0.29) is 0 Å². The van der Waals surface area contributed by atoms with Crippen molar-refractivity contribution in [2.24, 2.45) is 0 Å². The molecule has 1 aromatic carbocycles. The van der Waals surface area contributed by atoms with Gasteiger partial charge in [0.15, 0.2) is 0 Å². The van der Waals surface area contributed by atoms with E-state index in [0.29, 0.717) is 0 Å². The van der Waals surface area contributed by atoms with Crippen molar-refractivity contribution < 1.29 is 19.0 Å². The zero-order valence-electron chi connectivity index (χ0n) is 9.30. The number of benzene rings is 1. The minimum Gasteiger partial charge on any atom is -0.497 e. The highest BCUT2D eigenvalue weighted by Gasteiger charge is 2.13. The summed E-state index contributed by atoms with van der Waals surface area (Å²) in [6.07, 6.45) is 0.276. The molecular formula is C12H14O4. The predicted octanol–water partition coefficient (Wildman–Crippen LogP) is 2.71. The first-order valence-electron chi connectivity index (χ1n) is 4.72. The van der Waals surface area contributed by atoms with Crippen LogP contribution in [0.1, 0.15) is 11.7 Å². The standard InChI is InChI=1S/C12H14O4/c1-4-11(16-12(13)15-3)9-5-7-10(14-2)8-6-9/h4-8,11H,1H2,2-3H3. The number of ether oxygens (including phenoxy) is 3. The lowest BCUT2D eigenvalue weighted by atomic mass is 10.1. The molecule has 0 amide bonds. The maximum absolute atomic E-state index is 11.0. The summed E-state index contributed by atoms with van der Waals surface area (Å²) < 4.78 is 14.4. The molecule has 0 fully saturated rings. The van der Waals surface area contributed by atoms with Crippen LogP contribution >= 0.6 is 0 Å². The SMILES string of the molecule is C=CC(OC(=O)OC)c1ccc(OC)cc1. The van der Waals surface area contributed by atoms with Gasteiger partial charge in [-0.3, -0.25) is 0 Å². The Bertz CT molecular complexity index is 356. The molecule has 4 heteroatoms. The van der Waals surface area contributed by atoms with Gasteiger partial charge in [0.25, 0.3) is 0 Å². The average Bonchev–Trinajstić information content (AvgIpc) is 2.35. The van der Waals surface area contributed by atoms with Gasteiger partial charge in [-0.25, -0.2) is 4.79 Å². The molecule has 0 bridgehead atoms. The second kappa shape index (κ2) is 5.80. The summed E-state index contributed by atoms with van der Waals surface area (Å²) in [6, 6.07) is 7.17. The van der Waals surface area contributed by atoms with Gasteiger partial charge in [-0.05, 0) is 23.8 Å². The summed E-state index contributed by atoms with van der Waals surface area (Å²) in [7, 11) is 2.85. The average molecular weight is 222 g/mol. The van der Waals surface area contributed by atoms with Crippen LogP contribution < -0.4 is 4.74 Å². The van der Waals surface area contributed by atoms with Crippen molar-refractivity contribution in [2.45, 2.75) is 6.10 Å². The monoisotopic (exact) mass is 222 g/mol. The molecule has 0 saturated carbocycles. The Morgan fingerprint density at radius 2 is 1.94 bits per heavy atom. The fourth-order valence-electron chi connectivity index (χ4n) is 1.20. The van der Waals surface area contributed by atoms with E-state index < -0.39 is 12.3 Å². The number of rotatable bonds is 4. The van der Waals surface area contributed by atoms with Gasteiger partial charge >= 0.3 is 6.16 Å². The highest BCUT2D eigenvalue weighted by Crippen LogP contribution is 2.21. The van der Waals surface area contributed by atoms with Crippen molar-refractivity contribution in [3.8, 4) is 5.75 Å². The van der Waals surface area contributed by atoms with Crippen LogP contribution in [-0.4, -0.2) is 20.4 Å². The Morgan fingerprint density at radius 3 is 2.38 bits per heavy atom. The fourth-order valence-corrected chi connectivity index (χ4v) is 1.20. The molecule has 0 heterocycles. The lowest BCUT2D eigenvalue weighted by Crippen LogP contribution is -2.09. The van der Waals surface area contributed by atoms with E-state index in [1.165, 1.54) is 13.2 Å². The summed E-state index contributed by atoms with van der Waals surface area (Å²) in [5.41, 5.74) is 0.807. The van der Waals surface area contributed by atoms with Crippen molar-refractivity contribution in [1.29, 1.82) is 0 Å². The highest BCUT2D eigenvalue weighted by molar-refractivity contribution is 5.60. The molecule has 0 aliphatic carbocycles. The van der Waals surface area contributed by atoms with Gasteiger partial charge in [-0.2, -0.15) is 0 Å². The molecule has 0 aromatic heterocycles. The zero-order chi connectivity index (χ0) is 12.0. The largest absolute Gasteiger partial charge is 0.508 e. The number of carbonyl (C=O) groups excluding carboxylic acids is 1. The van der Waals surface area contributed by atoms with Gasteiger partial charge in [0.2, 0.25) is 0 Å². The Kier molecular flexibility index (Phi) is 4.39. The lowest BCUT2D eigenvalue weighted by molar-refractivity contribution is 0.0522. The number of hydrogen-bond donors (Lipinski definition) is 0. The van der Waals surface area contributed by atoms with Crippen molar-refractivity contribution in [2.75, 3.05) is 14.2 Å². The Balaban J connectivity index is 2.78. The first-order valence-corrected chi connectivity index (χ1v) is 4.72. The zero-order valence-corrected chi connectivity index (χ0v) is 9.30. The Hall–Kier alpha value is -1.97. The van der Waals surface area contributed by atoms with Crippen LogP contribution in [0.15, 0.2) is 36.9 Å². The Labute approximate surface area is 94.4 Å². The molecule has 0 aliphatic rings. The number of carbonyl (C=O) groups is 1. The molecule has 0 radical (unpaired) electrons. The van der Waals surface area contributed by atoms with Crippen molar-refractivity contribution in [3.05, 3.63) is 42.5 Å². The third-order valence-electron chi connectivity index (χ3n) is 2.05. The second-order valence-electron chi connectivity index (χ2n) is 3.00. The van der Waals surface area contributed by atoms with E-state index in [1.807, 2.05) is 0 Å². The van der Waals surface area contributed by atoms with Crippen molar-refractivity contribution >= 4 is 6.16 Å². The summed E-state index contributed by atoms with van der Waals surface area (Å²) in [6.45, 7) is 3.60. The lowest BCUT2D eigenvalue weighted by Gasteiger charge is -2.13. The molecule has 0 saturated heterocycles. The van der Waals surface area contributed by atoms with E-state index in [9.17, 15) is 4.79 Å². The van der Waals surface area contributed by atoms with Crippen LogP contribution in [0.5, 0.6) is 5.75 Å². The molecule has 1 aromatic rings. The van der Waals surface area contributed by atoms with E-state index in [1.54, 1.807) is 31.4 Å². The van der Waals surface area contributed by atoms with Gasteiger partial charge in [0, 0.05) is 0 Å². The third kappa shape index (κ3) is 3.02. The normalized spacial score (nSPS) is 11.4. The molecule has 4 nitrogen and oxygen atoms in total. The minimum atomic E-state index is -0.735. The first kappa shape index (κ1) is 12.1. The van der Waals surface area contributed by atoms with E-state index in [4.69, 9.17) is 9.47 Å². The number of methoxy groups -OCH3 is 2. The Morgan fingerprint density at radius 1 is 1.31 bits per heavy atom. The molecule has 0 aliphatic heterocycles. The number of hydrogen-bond acceptors (Lipinski definition) is 4. The molecule has 0 N–H and O–H groups in total. The molecular weight excluding hydrogens is 208 g/mol. The molecule has 1 rings (SSSR count). The maximum Gasteiger partial charge on any atom is 0.508 e. The van der Waals surface area contributed by atoms with Crippen LogP contribution in [0, 0.1) is 0 Å². The third-order valence-corrected chi connectivity index (χ3v) is 2.05. The first-order chi connectivity index (χ1) is 7.71. The van der Waals surface area contributed by atoms with Gasteiger partial charge in [-0.1, -0.05) is 18.7 Å². The quantitative estimate of drug-likeness (QED) is 0.580. The van der Waals surface area contributed by atoms with Crippen molar-refractivity contribution in [1.82, 2.24) is 0 Å². The van der Waals surface area contributed by atoms with Crippen LogP contribution in [-0.2, 0) is 9.47 Å². The molecule has 16 heavy (non-hydrogen) atoms. The summed E-state index contributed by atoms with van der Waals surface area (Å²) >= 11 is 0. The van der Waals surface area contributed by atoms with Crippen LogP contribution in [0.3, 0.4) is 0 Å². The van der Waals surface area contributed by atoms with Gasteiger partial charge in [0.05, 0.1) is 14.2 Å². The van der Waals surface area contributed by atoms with Crippen LogP contribution in [0.2, 0.25) is 0 Å². The summed E-state index contributed by atoms with van der Waals surface area (Å²) in [5, 5.41) is 0. The van der Waals surface area contributed by atoms with E-state index >= 15 is 0 Å². The van der Waals surface area contributed by atoms with Gasteiger partial charge in [-0.15, -0.1) is 0 Å². The van der Waals surface area contributed by atoms with Crippen LogP contribution in [0.25, 0.3) is 0 Å².